The maximum absolute atomic E-state index is 13.0. The van der Waals surface area contributed by atoms with Gasteiger partial charge < -0.3 is 19.9 Å². The van der Waals surface area contributed by atoms with Crippen molar-refractivity contribution in [3.63, 3.8) is 0 Å². The lowest BCUT2D eigenvalue weighted by atomic mass is 9.92. The molecule has 0 bridgehead atoms. The van der Waals surface area contributed by atoms with Crippen molar-refractivity contribution < 1.29 is 22.7 Å². The van der Waals surface area contributed by atoms with Gasteiger partial charge in [-0.15, -0.1) is 0 Å². The van der Waals surface area contributed by atoms with Crippen molar-refractivity contribution in [2.45, 2.75) is 25.4 Å². The van der Waals surface area contributed by atoms with E-state index in [9.17, 15) is 18.0 Å². The third-order valence-corrected chi connectivity index (χ3v) is 6.49. The summed E-state index contributed by atoms with van der Waals surface area (Å²) in [7, 11) is 3.99. The quantitative estimate of drug-likeness (QED) is 0.426. The summed E-state index contributed by atoms with van der Waals surface area (Å²) in [4.78, 5) is 21.5. The average Bonchev–Trinajstić information content (AvgIpc) is 3.34. The number of aryl methyl sites for hydroxylation is 1. The lowest BCUT2D eigenvalue weighted by Crippen LogP contribution is -2.21. The molecule has 6 nitrogen and oxygen atoms in total. The second-order valence-electron chi connectivity index (χ2n) is 9.57. The third-order valence-electron chi connectivity index (χ3n) is 6.49. The summed E-state index contributed by atoms with van der Waals surface area (Å²) in [6, 6.07) is 12.1. The largest absolute Gasteiger partial charge is 0.491 e. The summed E-state index contributed by atoms with van der Waals surface area (Å²) in [5, 5.41) is 2.60. The first kappa shape index (κ1) is 26.5. The van der Waals surface area contributed by atoms with E-state index in [0.717, 1.165) is 60.8 Å². The molecular weight excluding hydrogens is 481 g/mol. The highest BCUT2D eigenvalue weighted by Gasteiger charge is 2.31. The normalized spacial score (nSPS) is 15.8. The molecule has 1 aromatic heterocycles. The van der Waals surface area contributed by atoms with E-state index in [0.29, 0.717) is 12.2 Å². The summed E-state index contributed by atoms with van der Waals surface area (Å²) >= 11 is 0. The summed E-state index contributed by atoms with van der Waals surface area (Å²) in [5.41, 5.74) is 2.83. The molecule has 0 radical (unpaired) electrons. The molecule has 196 valence electrons. The molecule has 3 aromatic rings. The van der Waals surface area contributed by atoms with E-state index in [1.807, 2.05) is 45.4 Å². The fourth-order valence-corrected chi connectivity index (χ4v) is 4.45. The molecule has 9 heteroatoms. The van der Waals surface area contributed by atoms with Crippen molar-refractivity contribution in [3.8, 4) is 5.75 Å². The van der Waals surface area contributed by atoms with Crippen molar-refractivity contribution in [1.29, 1.82) is 0 Å². The first-order valence-corrected chi connectivity index (χ1v) is 12.2. The van der Waals surface area contributed by atoms with Gasteiger partial charge in [-0.2, -0.15) is 13.2 Å². The predicted octanol–water partition coefficient (Wildman–Crippen LogP) is 5.60. The summed E-state index contributed by atoms with van der Waals surface area (Å²) < 4.78 is 44.9. The van der Waals surface area contributed by atoms with E-state index in [1.165, 1.54) is 12.1 Å². The second-order valence-corrected chi connectivity index (χ2v) is 9.57. The van der Waals surface area contributed by atoms with Gasteiger partial charge in [0.25, 0.3) is 5.91 Å². The van der Waals surface area contributed by atoms with Gasteiger partial charge in [0.1, 0.15) is 12.4 Å². The van der Waals surface area contributed by atoms with Crippen LogP contribution in [0.4, 0.5) is 24.5 Å². The molecule has 0 spiro atoms. The highest BCUT2D eigenvalue weighted by Crippen LogP contribution is 2.34. The number of hydrogen-bond donors (Lipinski definition) is 1. The lowest BCUT2D eigenvalue weighted by molar-refractivity contribution is -0.137. The molecule has 1 aliphatic heterocycles. The van der Waals surface area contributed by atoms with Gasteiger partial charge in [-0.1, -0.05) is 12.1 Å². The Hall–Kier alpha value is -3.59. The number of aromatic nitrogens is 1. The van der Waals surface area contributed by atoms with Crippen LogP contribution < -0.4 is 15.0 Å². The van der Waals surface area contributed by atoms with E-state index in [2.05, 4.69) is 20.1 Å². The zero-order chi connectivity index (χ0) is 26.6. The van der Waals surface area contributed by atoms with Crippen molar-refractivity contribution in [2.24, 2.45) is 0 Å². The van der Waals surface area contributed by atoms with Gasteiger partial charge in [-0.3, -0.25) is 9.78 Å². The van der Waals surface area contributed by atoms with Crippen LogP contribution in [0.25, 0.3) is 0 Å². The summed E-state index contributed by atoms with van der Waals surface area (Å²) in [6.45, 7) is 5.01. The number of likely N-dealkylation sites (N-methyl/N-ethyl adjacent to an activating group) is 1. The number of carbonyl (C=O) groups is 1. The molecule has 1 atom stereocenters. The number of anilines is 2. The molecule has 37 heavy (non-hydrogen) atoms. The van der Waals surface area contributed by atoms with Crippen LogP contribution in [-0.2, 0) is 6.18 Å². The molecule has 1 amide bonds. The molecule has 2 heterocycles. The number of nitrogens with one attached hydrogen (secondary N) is 1. The molecule has 1 aliphatic rings. The van der Waals surface area contributed by atoms with Gasteiger partial charge in [0.15, 0.2) is 0 Å². The first-order chi connectivity index (χ1) is 17.6. The van der Waals surface area contributed by atoms with E-state index < -0.39 is 17.6 Å². The SMILES string of the molecule is Cc1ccc(C(=O)Nc2cccc(C(F)(F)F)c2)cc1C1CCN(c2cncc(OCCN(C)C)c2)C1. The van der Waals surface area contributed by atoms with Crippen LogP contribution in [0.2, 0.25) is 0 Å². The molecule has 0 saturated carbocycles. The zero-order valence-electron chi connectivity index (χ0n) is 21.2. The van der Waals surface area contributed by atoms with Crippen LogP contribution in [-0.4, -0.2) is 56.1 Å². The van der Waals surface area contributed by atoms with E-state index in [-0.39, 0.29) is 11.6 Å². The van der Waals surface area contributed by atoms with Crippen LogP contribution in [0.15, 0.2) is 60.9 Å². The number of hydrogen-bond acceptors (Lipinski definition) is 5. The number of alkyl halides is 3. The van der Waals surface area contributed by atoms with Crippen molar-refractivity contribution in [3.05, 3.63) is 83.2 Å². The van der Waals surface area contributed by atoms with Crippen LogP contribution in [0, 0.1) is 6.92 Å². The molecular formula is C28H31F3N4O2. The molecule has 4 rings (SSSR count). The Kier molecular flexibility index (Phi) is 8.02. The zero-order valence-corrected chi connectivity index (χ0v) is 21.2. The minimum Gasteiger partial charge on any atom is -0.491 e. The predicted molar refractivity (Wildman–Crippen MR) is 138 cm³/mol. The Bertz CT molecular complexity index is 1250. The maximum atomic E-state index is 13.0. The first-order valence-electron chi connectivity index (χ1n) is 12.2. The number of halogens is 3. The Morgan fingerprint density at radius 1 is 1.16 bits per heavy atom. The standard InChI is InChI=1S/C28H31F3N4O2/c1-19-7-8-20(27(36)33-23-6-4-5-22(14-23)28(29,30)31)13-26(19)21-9-10-35(18-21)24-15-25(17-32-16-24)37-12-11-34(2)3/h4-8,13-17,21H,9-12,18H2,1-3H3,(H,33,36). The Morgan fingerprint density at radius 3 is 2.73 bits per heavy atom. The Balaban J connectivity index is 1.44. The molecule has 1 N–H and O–H groups in total. The number of amides is 1. The molecule has 0 aliphatic carbocycles. The topological polar surface area (TPSA) is 57.7 Å². The second kappa shape index (κ2) is 11.2. The number of rotatable bonds is 8. The number of pyridine rings is 1. The van der Waals surface area contributed by atoms with Gasteiger partial charge in [0, 0.05) is 42.9 Å². The maximum Gasteiger partial charge on any atom is 0.416 e. The fourth-order valence-electron chi connectivity index (χ4n) is 4.45. The monoisotopic (exact) mass is 512 g/mol. The minimum atomic E-state index is -4.47. The number of ether oxygens (including phenoxy) is 1. The smallest absolute Gasteiger partial charge is 0.416 e. The van der Waals surface area contributed by atoms with E-state index in [4.69, 9.17) is 4.74 Å². The summed E-state index contributed by atoms with van der Waals surface area (Å²) in [5.74, 6) is 0.495. The van der Waals surface area contributed by atoms with Crippen molar-refractivity contribution in [2.75, 3.05) is 50.6 Å². The molecule has 1 unspecified atom stereocenters. The highest BCUT2D eigenvalue weighted by atomic mass is 19.4. The van der Waals surface area contributed by atoms with Crippen LogP contribution in [0.3, 0.4) is 0 Å². The van der Waals surface area contributed by atoms with Gasteiger partial charge in [-0.25, -0.2) is 0 Å². The number of nitrogens with zero attached hydrogens (tertiary/aromatic N) is 3. The van der Waals surface area contributed by atoms with Crippen LogP contribution in [0.1, 0.15) is 39.4 Å². The Morgan fingerprint density at radius 2 is 1.97 bits per heavy atom. The third kappa shape index (κ3) is 6.80. The van der Waals surface area contributed by atoms with E-state index in [1.54, 1.807) is 12.3 Å². The molecule has 1 fully saturated rings. The number of benzene rings is 2. The van der Waals surface area contributed by atoms with Crippen molar-refractivity contribution >= 4 is 17.3 Å². The highest BCUT2D eigenvalue weighted by molar-refractivity contribution is 6.04. The fraction of sp³-hybridized carbons (Fsp3) is 0.357. The van der Waals surface area contributed by atoms with Gasteiger partial charge in [-0.05, 0) is 68.9 Å². The summed E-state index contributed by atoms with van der Waals surface area (Å²) in [6.07, 6.45) is -0.0267. The Labute approximate surface area is 215 Å². The average molecular weight is 513 g/mol. The van der Waals surface area contributed by atoms with Crippen LogP contribution in [0.5, 0.6) is 5.75 Å². The van der Waals surface area contributed by atoms with E-state index >= 15 is 0 Å². The van der Waals surface area contributed by atoms with Crippen molar-refractivity contribution in [1.82, 2.24) is 9.88 Å². The molecule has 1 saturated heterocycles. The lowest BCUT2D eigenvalue weighted by Gasteiger charge is -2.20. The van der Waals surface area contributed by atoms with Gasteiger partial charge in [0.05, 0.1) is 23.6 Å². The molecule has 2 aromatic carbocycles. The van der Waals surface area contributed by atoms with Gasteiger partial charge in [0.2, 0.25) is 0 Å². The minimum absolute atomic E-state index is 0.106. The van der Waals surface area contributed by atoms with Gasteiger partial charge >= 0.3 is 6.18 Å². The van der Waals surface area contributed by atoms with Crippen LogP contribution >= 0.6 is 0 Å². The number of carbonyl (C=O) groups excluding carboxylic acids is 1.